The first-order valence-corrected chi connectivity index (χ1v) is 14.1. The number of aromatic hydroxyl groups is 1. The number of carbonyl (C=O) groups is 1. The Morgan fingerprint density at radius 1 is 1.26 bits per heavy atom. The third-order valence-electron chi connectivity index (χ3n) is 10.1. The van der Waals surface area contributed by atoms with Crippen LogP contribution in [0.2, 0.25) is 0 Å². The van der Waals surface area contributed by atoms with Crippen LogP contribution in [0.4, 0.5) is 0 Å². The van der Waals surface area contributed by atoms with Gasteiger partial charge in [0.15, 0.2) is 5.75 Å². The number of piperidine rings is 1. The molecule has 2 aromatic rings. The van der Waals surface area contributed by atoms with Crippen molar-refractivity contribution in [2.24, 2.45) is 11.8 Å². The van der Waals surface area contributed by atoms with Crippen molar-refractivity contribution in [2.75, 3.05) is 26.7 Å². The summed E-state index contributed by atoms with van der Waals surface area (Å²) in [7, 11) is 1.84. The van der Waals surface area contributed by atoms with E-state index < -0.39 is 11.0 Å². The molecule has 2 aromatic carbocycles. The fourth-order valence-electron chi connectivity index (χ4n) is 8.12. The second kappa shape index (κ2) is 8.49. The van der Waals surface area contributed by atoms with Crippen molar-refractivity contribution in [2.45, 2.75) is 68.6 Å². The summed E-state index contributed by atoms with van der Waals surface area (Å²) in [6.45, 7) is 4.54. The Hall–Kier alpha value is -3.01. The largest absolute Gasteiger partial charge is 0.498 e. The van der Waals surface area contributed by atoms with Crippen LogP contribution in [0.3, 0.4) is 0 Å². The zero-order valence-corrected chi connectivity index (χ0v) is 22.2. The highest BCUT2D eigenvalue weighted by atomic mass is 16.5. The normalized spacial score (nSPS) is 33.0. The summed E-state index contributed by atoms with van der Waals surface area (Å²) in [5.74, 6) is 1.21. The quantitative estimate of drug-likeness (QED) is 0.578. The Balaban J connectivity index is 1.18. The van der Waals surface area contributed by atoms with E-state index in [0.29, 0.717) is 25.1 Å². The summed E-state index contributed by atoms with van der Waals surface area (Å²) >= 11 is 0. The summed E-state index contributed by atoms with van der Waals surface area (Å²) < 4.78 is 6.60. The molecule has 1 unspecified atom stereocenters. The van der Waals surface area contributed by atoms with Crippen LogP contribution in [-0.4, -0.2) is 70.3 Å². The molecule has 38 heavy (non-hydrogen) atoms. The van der Waals surface area contributed by atoms with Gasteiger partial charge in [-0.2, -0.15) is 0 Å². The van der Waals surface area contributed by atoms with Crippen LogP contribution < -0.4 is 4.74 Å². The van der Waals surface area contributed by atoms with Crippen LogP contribution in [0.5, 0.6) is 11.5 Å². The Labute approximate surface area is 224 Å². The lowest BCUT2D eigenvalue weighted by molar-refractivity contribution is -0.199. The minimum Gasteiger partial charge on any atom is -0.498 e. The molecule has 5 aliphatic rings. The Morgan fingerprint density at radius 3 is 2.89 bits per heavy atom. The minimum atomic E-state index is -0.922. The van der Waals surface area contributed by atoms with Gasteiger partial charge in [0.25, 0.3) is 0 Å². The van der Waals surface area contributed by atoms with E-state index >= 15 is 0 Å². The minimum absolute atomic E-state index is 0.0157. The summed E-state index contributed by atoms with van der Waals surface area (Å²) in [5, 5.41) is 23.3. The molecule has 3 aliphatic carbocycles. The number of amides is 1. The Kier molecular flexibility index (Phi) is 5.38. The maximum atomic E-state index is 13.1. The van der Waals surface area contributed by atoms with Crippen molar-refractivity contribution in [1.82, 2.24) is 9.80 Å². The molecule has 1 amide bonds. The monoisotopic (exact) mass is 512 g/mol. The third-order valence-corrected chi connectivity index (χ3v) is 10.1. The molecule has 6 heteroatoms. The standard InChI is InChI=1S/C32H36N2O4/c1-20-4-3-5-21(16-20)8-11-27(36)33(2)19-24-12-13-32(37)26-17-23-9-10-25(35)29-28(23)31(32,30(24)38-29)14-15-34(26)18-22-6-7-22/h3-5,8,11,16,22,24,26,30,35,37H,6-7,12-15,17-19H2,1-2H3/b11-8+/t24?,26-,30+,31+,32-/m1/s1. The number of hydrogen-bond donors (Lipinski definition) is 2. The number of aryl methyl sites for hydroxylation is 1. The molecule has 2 N–H and O–H groups in total. The number of nitrogens with zero attached hydrogens (tertiary/aromatic N) is 2. The van der Waals surface area contributed by atoms with Gasteiger partial charge in [0, 0.05) is 49.3 Å². The van der Waals surface area contributed by atoms with E-state index in [1.54, 1.807) is 11.0 Å². The van der Waals surface area contributed by atoms with Crippen LogP contribution in [0.1, 0.15) is 54.4 Å². The van der Waals surface area contributed by atoms with Crippen molar-refractivity contribution in [1.29, 1.82) is 0 Å². The number of aliphatic hydroxyl groups is 1. The average Bonchev–Trinajstić information content (AvgIpc) is 3.64. The molecule has 1 saturated heterocycles. The SMILES string of the molecule is Cc1cccc(/C=C/C(=O)N(C)CC2CC[C@@]3(O)[C@H]4Cc5c#cc(O)c6c5[C@@]3(CCN4CC3CC3)[C@H]2O6)c1. The second-order valence-electron chi connectivity index (χ2n) is 12.4. The van der Waals surface area contributed by atoms with Crippen LogP contribution in [0, 0.1) is 30.9 Å². The zero-order chi connectivity index (χ0) is 26.2. The number of benzene rings is 1. The number of rotatable bonds is 6. The van der Waals surface area contributed by atoms with Gasteiger partial charge < -0.3 is 19.8 Å². The van der Waals surface area contributed by atoms with Crippen LogP contribution >= 0.6 is 0 Å². The molecule has 0 aromatic heterocycles. The van der Waals surface area contributed by atoms with Crippen molar-refractivity contribution >= 4 is 12.0 Å². The smallest absolute Gasteiger partial charge is 0.246 e. The molecule has 7 rings (SSSR count). The van der Waals surface area contributed by atoms with Gasteiger partial charge in [-0.25, -0.2) is 0 Å². The van der Waals surface area contributed by atoms with E-state index in [4.69, 9.17) is 4.74 Å². The van der Waals surface area contributed by atoms with Gasteiger partial charge in [-0.05, 0) is 75.6 Å². The maximum absolute atomic E-state index is 13.1. The summed E-state index contributed by atoms with van der Waals surface area (Å²) in [6, 6.07) is 14.2. The summed E-state index contributed by atoms with van der Waals surface area (Å²) in [4.78, 5) is 17.4. The van der Waals surface area contributed by atoms with Crippen molar-refractivity contribution < 1.29 is 19.7 Å². The van der Waals surface area contributed by atoms with Gasteiger partial charge in [0.1, 0.15) is 6.10 Å². The first-order valence-electron chi connectivity index (χ1n) is 14.1. The number of likely N-dealkylation sites (N-methyl/N-ethyl adjacent to an activating group) is 1. The van der Waals surface area contributed by atoms with Gasteiger partial charge in [-0.15, -0.1) is 0 Å². The molecule has 198 valence electrons. The maximum Gasteiger partial charge on any atom is 0.246 e. The van der Waals surface area contributed by atoms with Gasteiger partial charge in [0.05, 0.1) is 11.0 Å². The molecule has 0 radical (unpaired) electrons. The molecule has 1 spiro atoms. The van der Waals surface area contributed by atoms with Gasteiger partial charge in [-0.3, -0.25) is 9.69 Å². The lowest BCUT2D eigenvalue weighted by Gasteiger charge is -2.64. The van der Waals surface area contributed by atoms with Crippen molar-refractivity contribution in [3.63, 3.8) is 0 Å². The van der Waals surface area contributed by atoms with Gasteiger partial charge in [0.2, 0.25) is 11.7 Å². The predicted octanol–water partition coefficient (Wildman–Crippen LogP) is 3.65. The highest BCUT2D eigenvalue weighted by molar-refractivity contribution is 5.91. The summed E-state index contributed by atoms with van der Waals surface area (Å²) in [6.07, 6.45) is 8.72. The fraction of sp³-hybridized carbons (Fsp3) is 0.531. The molecular formula is C32H36N2O4. The second-order valence-corrected chi connectivity index (χ2v) is 12.4. The van der Waals surface area contributed by atoms with E-state index in [2.05, 4.69) is 23.1 Å². The van der Waals surface area contributed by atoms with E-state index in [0.717, 1.165) is 54.1 Å². The van der Waals surface area contributed by atoms with Crippen molar-refractivity contribution in [3.8, 4) is 11.5 Å². The van der Waals surface area contributed by atoms with Crippen molar-refractivity contribution in [3.05, 3.63) is 64.7 Å². The van der Waals surface area contributed by atoms with Crippen LogP contribution in [-0.2, 0) is 16.6 Å². The third kappa shape index (κ3) is 3.45. The predicted molar refractivity (Wildman–Crippen MR) is 144 cm³/mol. The Morgan fingerprint density at radius 2 is 2.11 bits per heavy atom. The molecule has 5 atom stereocenters. The van der Waals surface area contributed by atoms with E-state index in [1.165, 1.54) is 12.8 Å². The average molecular weight is 513 g/mol. The van der Waals surface area contributed by atoms with E-state index in [1.807, 2.05) is 38.2 Å². The summed E-state index contributed by atoms with van der Waals surface area (Å²) in [5.41, 5.74) is 2.64. The zero-order valence-electron chi connectivity index (χ0n) is 22.2. The first-order chi connectivity index (χ1) is 18.3. The van der Waals surface area contributed by atoms with Crippen LogP contribution in [0.15, 0.2) is 30.3 Å². The van der Waals surface area contributed by atoms with E-state index in [-0.39, 0.29) is 29.7 Å². The molecule has 6 nitrogen and oxygen atoms in total. The number of ether oxygens (including phenoxy) is 1. The number of hydrogen-bond acceptors (Lipinski definition) is 5. The number of likely N-dealkylation sites (tertiary alicyclic amines) is 1. The highest BCUT2D eigenvalue weighted by Gasteiger charge is 2.73. The molecule has 3 fully saturated rings. The van der Waals surface area contributed by atoms with Gasteiger partial charge in [-0.1, -0.05) is 35.9 Å². The molecular weight excluding hydrogens is 476 g/mol. The van der Waals surface area contributed by atoms with E-state index in [9.17, 15) is 15.0 Å². The molecule has 2 saturated carbocycles. The lowest BCUT2D eigenvalue weighted by Crippen LogP contribution is -2.76. The Bertz CT molecular complexity index is 1320. The topological polar surface area (TPSA) is 73.2 Å². The lowest BCUT2D eigenvalue weighted by atomic mass is 9.47. The molecule has 2 bridgehead atoms. The fourth-order valence-corrected chi connectivity index (χ4v) is 8.12. The molecule has 2 heterocycles. The first kappa shape index (κ1) is 24.1. The number of carbonyl (C=O) groups excluding carboxylic acids is 1. The highest BCUT2D eigenvalue weighted by Crippen LogP contribution is 2.66. The molecule has 2 aliphatic heterocycles. The van der Waals surface area contributed by atoms with Gasteiger partial charge >= 0.3 is 0 Å². The van der Waals surface area contributed by atoms with Crippen LogP contribution in [0.25, 0.3) is 6.08 Å².